The van der Waals surface area contributed by atoms with Gasteiger partial charge < -0.3 is 0 Å². The van der Waals surface area contributed by atoms with E-state index in [9.17, 15) is 0 Å². The lowest BCUT2D eigenvalue weighted by molar-refractivity contribution is 0.317. The highest BCUT2D eigenvalue weighted by Gasteiger charge is 2.29. The van der Waals surface area contributed by atoms with Gasteiger partial charge in [-0.3, -0.25) is 0 Å². The Morgan fingerprint density at radius 1 is 1.33 bits per heavy atom. The zero-order chi connectivity index (χ0) is 14.9. The molecule has 3 rings (SSSR count). The van der Waals surface area contributed by atoms with Crippen molar-refractivity contribution in [2.75, 3.05) is 0 Å². The van der Waals surface area contributed by atoms with Gasteiger partial charge in [-0.25, -0.2) is 0 Å². The van der Waals surface area contributed by atoms with Crippen molar-refractivity contribution in [3.63, 3.8) is 0 Å². The molecule has 1 saturated carbocycles. The highest BCUT2D eigenvalue weighted by molar-refractivity contribution is 7.12. The normalized spacial score (nSPS) is 18.7. The molecular formula is C20H32S. The summed E-state index contributed by atoms with van der Waals surface area (Å²) < 4.78 is 0. The third-order valence-corrected chi connectivity index (χ3v) is 5.54. The molecule has 2 aliphatic carbocycles. The summed E-state index contributed by atoms with van der Waals surface area (Å²) in [6.07, 6.45) is 8.64. The third kappa shape index (κ3) is 4.57. The van der Waals surface area contributed by atoms with E-state index in [0.717, 1.165) is 5.92 Å². The molecule has 118 valence electrons. The first-order valence-corrected chi connectivity index (χ1v) is 8.55. The first-order chi connectivity index (χ1) is 9.34. The minimum atomic E-state index is 0. The molecule has 0 N–H and O–H groups in total. The van der Waals surface area contributed by atoms with Crippen LogP contribution >= 0.6 is 11.3 Å². The largest absolute Gasteiger partial charge is 0.145 e. The second kappa shape index (κ2) is 6.96. The van der Waals surface area contributed by atoms with E-state index < -0.39 is 0 Å². The molecule has 0 nitrogen and oxygen atoms in total. The lowest BCUT2D eigenvalue weighted by atomic mass is 9.75. The van der Waals surface area contributed by atoms with E-state index in [1.807, 2.05) is 17.4 Å². The predicted octanol–water partition coefficient (Wildman–Crippen LogP) is 6.82. The summed E-state index contributed by atoms with van der Waals surface area (Å²) in [6, 6.07) is 0. The van der Waals surface area contributed by atoms with Crippen LogP contribution in [0.1, 0.15) is 68.3 Å². The van der Waals surface area contributed by atoms with Gasteiger partial charge in [0.05, 0.1) is 0 Å². The molecule has 0 spiro atoms. The van der Waals surface area contributed by atoms with Gasteiger partial charge in [-0.05, 0) is 74.0 Å². The molecule has 0 saturated heterocycles. The summed E-state index contributed by atoms with van der Waals surface area (Å²) in [6.45, 7) is 16.9. The number of fused-ring (bicyclic) bond motifs is 1. The first-order valence-electron chi connectivity index (χ1n) is 7.73. The van der Waals surface area contributed by atoms with Gasteiger partial charge >= 0.3 is 0 Å². The first kappa shape index (κ1) is 18.2. The molecule has 2 aliphatic rings. The zero-order valence-corrected chi connectivity index (χ0v) is 14.3. The second-order valence-electron chi connectivity index (χ2n) is 7.13. The van der Waals surface area contributed by atoms with Crippen LogP contribution in [0, 0.1) is 18.3 Å². The smallest absolute Gasteiger partial charge is 0.00948 e. The van der Waals surface area contributed by atoms with Gasteiger partial charge in [0, 0.05) is 9.75 Å². The van der Waals surface area contributed by atoms with Crippen LogP contribution in [0.3, 0.4) is 0 Å². The number of allylic oxidation sites excluding steroid dienone is 2. The predicted molar refractivity (Wildman–Crippen MR) is 99.2 cm³/mol. The van der Waals surface area contributed by atoms with Crippen molar-refractivity contribution >= 4 is 16.9 Å². The molecule has 1 heterocycles. The average Bonchev–Trinajstić information content (AvgIpc) is 3.12. The van der Waals surface area contributed by atoms with Crippen LogP contribution in [0.25, 0.3) is 5.57 Å². The highest BCUT2D eigenvalue weighted by atomic mass is 32.1. The van der Waals surface area contributed by atoms with Crippen molar-refractivity contribution in [1.82, 2.24) is 0 Å². The molecule has 0 radical (unpaired) electrons. The monoisotopic (exact) mass is 304 g/mol. The molecule has 1 heteroatoms. The van der Waals surface area contributed by atoms with E-state index in [1.165, 1.54) is 48.1 Å². The van der Waals surface area contributed by atoms with Crippen molar-refractivity contribution in [3.05, 3.63) is 40.1 Å². The van der Waals surface area contributed by atoms with Crippen molar-refractivity contribution in [3.8, 4) is 0 Å². The lowest BCUT2D eigenvalue weighted by Gasteiger charge is -2.30. The molecule has 1 fully saturated rings. The Balaban J connectivity index is 0.000000313. The van der Waals surface area contributed by atoms with E-state index >= 15 is 0 Å². The summed E-state index contributed by atoms with van der Waals surface area (Å²) in [5.41, 5.74) is 4.77. The van der Waals surface area contributed by atoms with Crippen LogP contribution in [0.15, 0.2) is 19.2 Å². The lowest BCUT2D eigenvalue weighted by Crippen LogP contribution is -2.21. The molecule has 0 aromatic carbocycles. The Kier molecular flexibility index (Phi) is 6.04. The quantitative estimate of drug-likeness (QED) is 0.526. The summed E-state index contributed by atoms with van der Waals surface area (Å²) in [7, 11) is 0. The fourth-order valence-corrected chi connectivity index (χ4v) is 4.22. The maximum absolute atomic E-state index is 4.12. The SMILES string of the molecule is C.C=C(C)c1c(C)sc2c1CC(C)(C)CC2.C=CC1CC1. The number of hydrogen-bond acceptors (Lipinski definition) is 1. The van der Waals surface area contributed by atoms with E-state index in [2.05, 4.69) is 40.9 Å². The molecular weight excluding hydrogens is 272 g/mol. The van der Waals surface area contributed by atoms with Gasteiger partial charge in [0.1, 0.15) is 0 Å². The minimum Gasteiger partial charge on any atom is -0.145 e. The summed E-state index contributed by atoms with van der Waals surface area (Å²) >= 11 is 1.99. The Labute approximate surface area is 136 Å². The van der Waals surface area contributed by atoms with Crippen molar-refractivity contribution in [2.24, 2.45) is 11.3 Å². The maximum Gasteiger partial charge on any atom is 0.00948 e. The topological polar surface area (TPSA) is 0 Å². The van der Waals surface area contributed by atoms with E-state index in [4.69, 9.17) is 0 Å². The summed E-state index contributed by atoms with van der Waals surface area (Å²) in [5, 5.41) is 0. The van der Waals surface area contributed by atoms with E-state index in [1.54, 1.807) is 10.4 Å². The Bertz CT molecular complexity index is 512. The Hall–Kier alpha value is -0.820. The summed E-state index contributed by atoms with van der Waals surface area (Å²) in [5.74, 6) is 0.898. The molecule has 0 amide bonds. The van der Waals surface area contributed by atoms with Gasteiger partial charge in [-0.1, -0.05) is 33.9 Å². The van der Waals surface area contributed by atoms with Crippen molar-refractivity contribution < 1.29 is 0 Å². The van der Waals surface area contributed by atoms with Crippen LogP contribution in [-0.4, -0.2) is 0 Å². The van der Waals surface area contributed by atoms with E-state index in [0.29, 0.717) is 5.41 Å². The molecule has 1 aromatic rings. The molecule has 21 heavy (non-hydrogen) atoms. The zero-order valence-electron chi connectivity index (χ0n) is 13.5. The number of rotatable bonds is 2. The molecule has 0 bridgehead atoms. The third-order valence-electron chi connectivity index (χ3n) is 4.33. The molecule has 0 aliphatic heterocycles. The van der Waals surface area contributed by atoms with Crippen LogP contribution < -0.4 is 0 Å². The fourth-order valence-electron chi connectivity index (χ4n) is 2.95. The van der Waals surface area contributed by atoms with Crippen LogP contribution in [-0.2, 0) is 12.8 Å². The number of thiophene rings is 1. The van der Waals surface area contributed by atoms with Gasteiger partial charge in [0.15, 0.2) is 0 Å². The van der Waals surface area contributed by atoms with Crippen LogP contribution in [0.2, 0.25) is 0 Å². The molecule has 1 aromatic heterocycles. The molecule has 0 atom stereocenters. The van der Waals surface area contributed by atoms with Crippen LogP contribution in [0.5, 0.6) is 0 Å². The van der Waals surface area contributed by atoms with Gasteiger partial charge in [0.2, 0.25) is 0 Å². The fraction of sp³-hybridized carbons (Fsp3) is 0.600. The van der Waals surface area contributed by atoms with Gasteiger partial charge in [-0.15, -0.1) is 17.9 Å². The van der Waals surface area contributed by atoms with Gasteiger partial charge in [-0.2, -0.15) is 0 Å². The number of hydrogen-bond donors (Lipinski definition) is 0. The Morgan fingerprint density at radius 3 is 2.38 bits per heavy atom. The van der Waals surface area contributed by atoms with Crippen molar-refractivity contribution in [1.29, 1.82) is 0 Å². The molecule has 0 unspecified atom stereocenters. The van der Waals surface area contributed by atoms with Crippen molar-refractivity contribution in [2.45, 2.75) is 67.2 Å². The van der Waals surface area contributed by atoms with Crippen LogP contribution in [0.4, 0.5) is 0 Å². The summed E-state index contributed by atoms with van der Waals surface area (Å²) in [4.78, 5) is 3.08. The van der Waals surface area contributed by atoms with E-state index in [-0.39, 0.29) is 7.43 Å². The maximum atomic E-state index is 4.12. The number of aryl methyl sites for hydroxylation is 2. The highest BCUT2D eigenvalue weighted by Crippen LogP contribution is 2.43. The average molecular weight is 305 g/mol. The minimum absolute atomic E-state index is 0. The van der Waals surface area contributed by atoms with Gasteiger partial charge in [0.25, 0.3) is 0 Å². The second-order valence-corrected chi connectivity index (χ2v) is 8.44. The standard InChI is InChI=1S/C14H20S.C5H8.CH4/c1-9(2)13-10(3)15-12-6-7-14(4,5)8-11(12)13;1-2-5-3-4-5;/h1,6-8H2,2-5H3;2,5H,1,3-4H2;1H4. The Morgan fingerprint density at radius 2 is 1.95 bits per heavy atom.